The van der Waals surface area contributed by atoms with Gasteiger partial charge < -0.3 is 4.84 Å². The van der Waals surface area contributed by atoms with E-state index in [1.54, 1.807) is 13.0 Å². The van der Waals surface area contributed by atoms with Gasteiger partial charge in [0.15, 0.2) is 0 Å². The van der Waals surface area contributed by atoms with Gasteiger partial charge in [0.25, 0.3) is 0 Å². The average molecular weight is 196 g/mol. The second-order valence-electron chi connectivity index (χ2n) is 2.18. The van der Waals surface area contributed by atoms with Crippen molar-refractivity contribution in [3.63, 3.8) is 0 Å². The van der Waals surface area contributed by atoms with Crippen molar-refractivity contribution in [2.45, 2.75) is 6.92 Å². The topological polar surface area (TPSA) is 70.4 Å². The Morgan fingerprint density at radius 2 is 2.46 bits per heavy atom. The van der Waals surface area contributed by atoms with Crippen LogP contribution in [0, 0.1) is 0 Å². The molecule has 68 valence electrons. The molecule has 0 bridgehead atoms. The van der Waals surface area contributed by atoms with Gasteiger partial charge in [0.2, 0.25) is 0 Å². The van der Waals surface area contributed by atoms with Gasteiger partial charge in [0.05, 0.1) is 16.3 Å². The Kier molecular flexibility index (Phi) is 3.31. The summed E-state index contributed by atoms with van der Waals surface area (Å²) in [4.78, 5) is 8.17. The lowest BCUT2D eigenvalue weighted by atomic mass is 10.3. The van der Waals surface area contributed by atoms with Crippen LogP contribution in [0.4, 0.5) is 5.69 Å². The van der Waals surface area contributed by atoms with Crippen molar-refractivity contribution < 1.29 is 4.84 Å². The predicted octanol–water partition coefficient (Wildman–Crippen LogP) is 3.06. The first-order chi connectivity index (χ1) is 6.29. The van der Waals surface area contributed by atoms with Gasteiger partial charge in [-0.05, 0) is 23.9 Å². The fraction of sp³-hybridized carbons (Fsp3) is 0.286. The lowest BCUT2D eigenvalue weighted by Crippen LogP contribution is -1.91. The molecule has 0 atom stereocenters. The summed E-state index contributed by atoms with van der Waals surface area (Å²) in [6.45, 7) is 1.80. The quantitative estimate of drug-likeness (QED) is 0.241. The summed E-state index contributed by atoms with van der Waals surface area (Å²) in [6.07, 6.45) is 0. The molecule has 0 amide bonds. The molecule has 5 nitrogen and oxygen atoms in total. The molecule has 0 aromatic carbocycles. The molecule has 0 saturated heterocycles. The van der Waals surface area contributed by atoms with Crippen molar-refractivity contribution in [1.82, 2.24) is 0 Å². The summed E-state index contributed by atoms with van der Waals surface area (Å²) in [5, 5.41) is 9.12. The average Bonchev–Trinajstić information content (AvgIpc) is 2.54. The fourth-order valence-electron chi connectivity index (χ4n) is 0.879. The van der Waals surface area contributed by atoms with Crippen LogP contribution in [0.1, 0.15) is 11.8 Å². The SMILES string of the molecule is CO/N=C(\C)c1sccc1N=[N+]=[N-]. The number of hydrogen-bond acceptors (Lipinski definition) is 4. The Bertz CT molecular complexity index is 364. The van der Waals surface area contributed by atoms with Crippen LogP contribution in [0.15, 0.2) is 21.7 Å². The molecule has 1 heterocycles. The van der Waals surface area contributed by atoms with Crippen LogP contribution >= 0.6 is 11.3 Å². The Morgan fingerprint density at radius 1 is 1.69 bits per heavy atom. The largest absolute Gasteiger partial charge is 0.399 e. The molecule has 6 heteroatoms. The molecule has 0 radical (unpaired) electrons. The summed E-state index contributed by atoms with van der Waals surface area (Å²) in [6, 6.07) is 1.74. The van der Waals surface area contributed by atoms with Gasteiger partial charge >= 0.3 is 0 Å². The van der Waals surface area contributed by atoms with Gasteiger partial charge in [-0.3, -0.25) is 0 Å². The van der Waals surface area contributed by atoms with E-state index in [1.165, 1.54) is 18.4 Å². The fourth-order valence-corrected chi connectivity index (χ4v) is 1.65. The van der Waals surface area contributed by atoms with Gasteiger partial charge in [-0.1, -0.05) is 10.3 Å². The van der Waals surface area contributed by atoms with Crippen LogP contribution in [-0.4, -0.2) is 12.8 Å². The van der Waals surface area contributed by atoms with Crippen molar-refractivity contribution in [2.24, 2.45) is 10.3 Å². The second kappa shape index (κ2) is 4.49. The summed E-state index contributed by atoms with van der Waals surface area (Å²) in [5.74, 6) is 0. The van der Waals surface area contributed by atoms with Gasteiger partial charge in [-0.2, -0.15) is 0 Å². The summed E-state index contributed by atoms with van der Waals surface area (Å²) in [5.41, 5.74) is 9.56. The number of azide groups is 1. The number of rotatable bonds is 3. The molecular weight excluding hydrogens is 188 g/mol. The van der Waals surface area contributed by atoms with E-state index in [0.717, 1.165) is 4.88 Å². The zero-order chi connectivity index (χ0) is 9.68. The van der Waals surface area contributed by atoms with Crippen LogP contribution < -0.4 is 0 Å². The predicted molar refractivity (Wildman–Crippen MR) is 52.3 cm³/mol. The van der Waals surface area contributed by atoms with E-state index in [4.69, 9.17) is 5.53 Å². The molecule has 0 saturated carbocycles. The van der Waals surface area contributed by atoms with E-state index in [1.807, 2.05) is 5.38 Å². The van der Waals surface area contributed by atoms with E-state index in [2.05, 4.69) is 20.0 Å². The van der Waals surface area contributed by atoms with Gasteiger partial charge in [-0.15, -0.1) is 11.3 Å². The van der Waals surface area contributed by atoms with Crippen molar-refractivity contribution in [1.29, 1.82) is 0 Å². The van der Waals surface area contributed by atoms with Crippen molar-refractivity contribution >= 4 is 22.7 Å². The molecule has 0 unspecified atom stereocenters. The Morgan fingerprint density at radius 3 is 3.08 bits per heavy atom. The molecule has 1 aromatic rings. The zero-order valence-corrected chi connectivity index (χ0v) is 8.08. The second-order valence-corrected chi connectivity index (χ2v) is 3.10. The standard InChI is InChI=1S/C7H8N4OS/c1-5(10-12-2)7-6(9-11-8)3-4-13-7/h3-4H,1-2H3/b10-5+. The molecule has 1 rings (SSSR count). The highest BCUT2D eigenvalue weighted by Gasteiger charge is 2.05. The van der Waals surface area contributed by atoms with Gasteiger partial charge in [0, 0.05) is 4.91 Å². The molecular formula is C7H8N4OS. The highest BCUT2D eigenvalue weighted by atomic mass is 32.1. The van der Waals surface area contributed by atoms with E-state index in [9.17, 15) is 0 Å². The Hall–Kier alpha value is -1.52. The monoisotopic (exact) mass is 196 g/mol. The highest BCUT2D eigenvalue weighted by Crippen LogP contribution is 2.26. The van der Waals surface area contributed by atoms with Crippen LogP contribution in [0.5, 0.6) is 0 Å². The highest BCUT2D eigenvalue weighted by molar-refractivity contribution is 7.12. The maximum Gasteiger partial charge on any atom is 0.106 e. The molecule has 0 spiro atoms. The van der Waals surface area contributed by atoms with E-state index in [-0.39, 0.29) is 0 Å². The Balaban J connectivity index is 3.06. The number of hydrogen-bond donors (Lipinski definition) is 0. The minimum absolute atomic E-state index is 0.589. The Labute approximate surface area is 79.3 Å². The first-order valence-electron chi connectivity index (χ1n) is 3.50. The third-order valence-electron chi connectivity index (χ3n) is 1.35. The minimum atomic E-state index is 0.589. The van der Waals surface area contributed by atoms with Crippen LogP contribution in [0.25, 0.3) is 10.4 Å². The first-order valence-corrected chi connectivity index (χ1v) is 4.38. The number of oxime groups is 1. The summed E-state index contributed by atoms with van der Waals surface area (Å²) < 4.78 is 0. The van der Waals surface area contributed by atoms with Gasteiger partial charge in [-0.25, -0.2) is 0 Å². The lowest BCUT2D eigenvalue weighted by Gasteiger charge is -1.95. The molecule has 0 fully saturated rings. The smallest absolute Gasteiger partial charge is 0.106 e. The maximum atomic E-state index is 8.27. The lowest BCUT2D eigenvalue weighted by molar-refractivity contribution is 0.213. The van der Waals surface area contributed by atoms with Crippen molar-refractivity contribution in [3.8, 4) is 0 Å². The first kappa shape index (κ1) is 9.57. The molecule has 13 heavy (non-hydrogen) atoms. The minimum Gasteiger partial charge on any atom is -0.399 e. The summed E-state index contributed by atoms with van der Waals surface area (Å²) >= 11 is 1.46. The normalized spacial score (nSPS) is 10.8. The van der Waals surface area contributed by atoms with Crippen LogP contribution in [0.3, 0.4) is 0 Å². The van der Waals surface area contributed by atoms with Crippen LogP contribution in [0.2, 0.25) is 0 Å². The van der Waals surface area contributed by atoms with E-state index in [0.29, 0.717) is 11.4 Å². The van der Waals surface area contributed by atoms with Crippen molar-refractivity contribution in [3.05, 3.63) is 26.8 Å². The maximum absolute atomic E-state index is 8.27. The zero-order valence-electron chi connectivity index (χ0n) is 7.26. The third kappa shape index (κ3) is 2.21. The molecule has 1 aromatic heterocycles. The van der Waals surface area contributed by atoms with Crippen LogP contribution in [-0.2, 0) is 4.84 Å². The number of nitrogens with zero attached hydrogens (tertiary/aromatic N) is 4. The van der Waals surface area contributed by atoms with Crippen molar-refractivity contribution in [2.75, 3.05) is 7.11 Å². The van der Waals surface area contributed by atoms with E-state index < -0.39 is 0 Å². The van der Waals surface area contributed by atoms with Gasteiger partial charge in [0.1, 0.15) is 7.11 Å². The molecule has 0 aliphatic rings. The molecule has 0 aliphatic heterocycles. The number of thiophene rings is 1. The van der Waals surface area contributed by atoms with E-state index >= 15 is 0 Å². The molecule has 0 N–H and O–H groups in total. The summed E-state index contributed by atoms with van der Waals surface area (Å²) in [7, 11) is 1.48. The third-order valence-corrected chi connectivity index (χ3v) is 2.37. The molecule has 0 aliphatic carbocycles.